The number of aliphatic hydroxyl groups is 2. The Hall–Kier alpha value is -0.690. The summed E-state index contributed by atoms with van der Waals surface area (Å²) in [7, 11) is 2.02. The molecule has 0 aromatic heterocycles. The van der Waals surface area contributed by atoms with E-state index in [0.29, 0.717) is 30.4 Å². The van der Waals surface area contributed by atoms with E-state index >= 15 is 0 Å². The molecule has 27 heavy (non-hydrogen) atoms. The van der Waals surface area contributed by atoms with Crippen LogP contribution in [-0.2, 0) is 9.53 Å². The molecule has 154 valence electrons. The van der Waals surface area contributed by atoms with Crippen molar-refractivity contribution in [2.75, 3.05) is 26.7 Å². The first-order valence-corrected chi connectivity index (χ1v) is 10.9. The maximum Gasteiger partial charge on any atom is 0.230 e. The third kappa shape index (κ3) is 3.91. The molecule has 4 fully saturated rings. The number of ether oxygens (including phenoxy) is 1. The number of nitrogens with one attached hydrogen (secondary N) is 1. The molecular weight excluding hydrogens is 344 g/mol. The van der Waals surface area contributed by atoms with Gasteiger partial charge in [-0.1, -0.05) is 13.3 Å². The SMILES string of the molecule is CNC1CCCC2CN(C(=O)C3C(O)CC(O)C(C)C3OCC3CC3)CC21. The van der Waals surface area contributed by atoms with Crippen molar-refractivity contribution < 1.29 is 19.7 Å². The van der Waals surface area contributed by atoms with Crippen LogP contribution in [0.25, 0.3) is 0 Å². The molecule has 0 bridgehead atoms. The van der Waals surface area contributed by atoms with Crippen molar-refractivity contribution in [1.82, 2.24) is 10.2 Å². The summed E-state index contributed by atoms with van der Waals surface area (Å²) in [6.45, 7) is 4.18. The van der Waals surface area contributed by atoms with Crippen LogP contribution in [-0.4, -0.2) is 72.1 Å². The lowest BCUT2D eigenvalue weighted by Crippen LogP contribution is -2.55. The standard InChI is InChI=1S/C21H36N2O4/c1-12-17(24)8-18(25)19(20(12)27-11-13-6-7-13)21(26)23-9-14-4-3-5-16(22-2)15(14)10-23/h12-20,22,24-25H,3-11H2,1-2H3. The normalized spacial score (nSPS) is 45.0. The summed E-state index contributed by atoms with van der Waals surface area (Å²) in [5, 5.41) is 24.5. The van der Waals surface area contributed by atoms with E-state index < -0.39 is 18.1 Å². The van der Waals surface area contributed by atoms with Crippen LogP contribution in [0.4, 0.5) is 0 Å². The lowest BCUT2D eigenvalue weighted by atomic mass is 9.75. The van der Waals surface area contributed by atoms with E-state index in [9.17, 15) is 15.0 Å². The van der Waals surface area contributed by atoms with Crippen LogP contribution in [0, 0.1) is 29.6 Å². The maximum absolute atomic E-state index is 13.5. The second-order valence-corrected chi connectivity index (χ2v) is 9.49. The highest BCUT2D eigenvalue weighted by Gasteiger charge is 2.50. The Labute approximate surface area is 162 Å². The minimum absolute atomic E-state index is 0.0336. The molecule has 1 aliphatic heterocycles. The first-order valence-electron chi connectivity index (χ1n) is 10.9. The fourth-order valence-electron chi connectivity index (χ4n) is 5.69. The molecule has 1 heterocycles. The summed E-state index contributed by atoms with van der Waals surface area (Å²) in [5.41, 5.74) is 0. The monoisotopic (exact) mass is 380 g/mol. The van der Waals surface area contributed by atoms with Gasteiger partial charge in [0.15, 0.2) is 0 Å². The molecule has 4 aliphatic rings. The smallest absolute Gasteiger partial charge is 0.230 e. The Morgan fingerprint density at radius 3 is 2.63 bits per heavy atom. The number of likely N-dealkylation sites (tertiary alicyclic amines) is 1. The average Bonchev–Trinajstić information content (AvgIpc) is 3.38. The number of fused-ring (bicyclic) bond motifs is 1. The number of amides is 1. The second kappa shape index (κ2) is 7.97. The molecule has 0 aromatic carbocycles. The summed E-state index contributed by atoms with van der Waals surface area (Å²) < 4.78 is 6.13. The Bertz CT molecular complexity index is 540. The predicted octanol–water partition coefficient (Wildman–Crippen LogP) is 1.01. The van der Waals surface area contributed by atoms with Crippen molar-refractivity contribution in [2.24, 2.45) is 29.6 Å². The van der Waals surface area contributed by atoms with Crippen molar-refractivity contribution in [3.63, 3.8) is 0 Å². The highest BCUT2D eigenvalue weighted by Crippen LogP contribution is 2.40. The number of aliphatic hydroxyl groups excluding tert-OH is 2. The molecule has 1 amide bonds. The summed E-state index contributed by atoms with van der Waals surface area (Å²) in [6.07, 6.45) is 4.41. The van der Waals surface area contributed by atoms with Crippen molar-refractivity contribution in [2.45, 2.75) is 69.8 Å². The predicted molar refractivity (Wildman–Crippen MR) is 102 cm³/mol. The van der Waals surface area contributed by atoms with E-state index in [2.05, 4.69) is 5.32 Å². The molecular formula is C21H36N2O4. The molecule has 6 heteroatoms. The molecule has 3 N–H and O–H groups in total. The Morgan fingerprint density at radius 1 is 1.15 bits per heavy atom. The molecule has 3 saturated carbocycles. The fourth-order valence-corrected chi connectivity index (χ4v) is 5.69. The molecule has 0 spiro atoms. The number of rotatable bonds is 5. The van der Waals surface area contributed by atoms with Crippen LogP contribution in [0.1, 0.15) is 45.4 Å². The van der Waals surface area contributed by atoms with Gasteiger partial charge in [0.2, 0.25) is 5.91 Å². The van der Waals surface area contributed by atoms with Gasteiger partial charge in [-0.05, 0) is 50.5 Å². The lowest BCUT2D eigenvalue weighted by Gasteiger charge is -2.42. The number of hydrogen-bond acceptors (Lipinski definition) is 5. The van der Waals surface area contributed by atoms with Gasteiger partial charge in [-0.2, -0.15) is 0 Å². The second-order valence-electron chi connectivity index (χ2n) is 9.49. The third-order valence-corrected chi connectivity index (χ3v) is 7.66. The molecule has 0 radical (unpaired) electrons. The zero-order valence-electron chi connectivity index (χ0n) is 16.7. The van der Waals surface area contributed by atoms with Gasteiger partial charge < -0.3 is 25.2 Å². The van der Waals surface area contributed by atoms with E-state index in [1.807, 2.05) is 18.9 Å². The Balaban J connectivity index is 1.47. The first-order chi connectivity index (χ1) is 13.0. The van der Waals surface area contributed by atoms with E-state index in [0.717, 1.165) is 13.1 Å². The van der Waals surface area contributed by atoms with E-state index in [1.54, 1.807) is 0 Å². The summed E-state index contributed by atoms with van der Waals surface area (Å²) in [6, 6.07) is 0.487. The van der Waals surface area contributed by atoms with E-state index in [1.165, 1.54) is 32.1 Å². The van der Waals surface area contributed by atoms with Gasteiger partial charge in [0.25, 0.3) is 0 Å². The Kier molecular flexibility index (Phi) is 5.79. The summed E-state index contributed by atoms with van der Waals surface area (Å²) in [4.78, 5) is 15.4. The topological polar surface area (TPSA) is 82.0 Å². The van der Waals surface area contributed by atoms with E-state index in [-0.39, 0.29) is 24.3 Å². The molecule has 6 nitrogen and oxygen atoms in total. The van der Waals surface area contributed by atoms with Crippen LogP contribution in [0.15, 0.2) is 0 Å². The van der Waals surface area contributed by atoms with Gasteiger partial charge in [0.05, 0.1) is 24.2 Å². The quantitative estimate of drug-likeness (QED) is 0.663. The third-order valence-electron chi connectivity index (χ3n) is 7.66. The van der Waals surface area contributed by atoms with Crippen molar-refractivity contribution in [3.8, 4) is 0 Å². The zero-order chi connectivity index (χ0) is 19.1. The van der Waals surface area contributed by atoms with Gasteiger partial charge in [-0.15, -0.1) is 0 Å². The van der Waals surface area contributed by atoms with Crippen molar-refractivity contribution in [1.29, 1.82) is 0 Å². The van der Waals surface area contributed by atoms with Crippen LogP contribution in [0.5, 0.6) is 0 Å². The largest absolute Gasteiger partial charge is 0.393 e. The van der Waals surface area contributed by atoms with Gasteiger partial charge >= 0.3 is 0 Å². The van der Waals surface area contributed by atoms with Crippen LogP contribution in [0.3, 0.4) is 0 Å². The lowest BCUT2D eigenvalue weighted by molar-refractivity contribution is -0.167. The van der Waals surface area contributed by atoms with Gasteiger partial charge in [-0.3, -0.25) is 4.79 Å². The Morgan fingerprint density at radius 2 is 1.93 bits per heavy atom. The molecule has 0 aromatic rings. The van der Waals surface area contributed by atoms with Gasteiger partial charge in [0.1, 0.15) is 0 Å². The average molecular weight is 381 g/mol. The molecule has 8 atom stereocenters. The molecule has 8 unspecified atom stereocenters. The molecule has 4 rings (SSSR count). The highest BCUT2D eigenvalue weighted by atomic mass is 16.5. The summed E-state index contributed by atoms with van der Waals surface area (Å²) in [5.74, 6) is 1.03. The fraction of sp³-hybridized carbons (Fsp3) is 0.952. The number of carbonyl (C=O) groups excluding carboxylic acids is 1. The van der Waals surface area contributed by atoms with Crippen LogP contribution < -0.4 is 5.32 Å². The summed E-state index contributed by atoms with van der Waals surface area (Å²) >= 11 is 0. The number of nitrogens with zero attached hydrogens (tertiary/aromatic N) is 1. The van der Waals surface area contributed by atoms with Crippen LogP contribution in [0.2, 0.25) is 0 Å². The number of hydrogen-bond donors (Lipinski definition) is 3. The van der Waals surface area contributed by atoms with Crippen LogP contribution >= 0.6 is 0 Å². The van der Waals surface area contributed by atoms with Crippen molar-refractivity contribution >= 4 is 5.91 Å². The minimum atomic E-state index is -0.823. The molecule has 1 saturated heterocycles. The first kappa shape index (κ1) is 19.6. The van der Waals surface area contributed by atoms with Gasteiger partial charge in [0, 0.05) is 38.1 Å². The van der Waals surface area contributed by atoms with E-state index in [4.69, 9.17) is 4.74 Å². The van der Waals surface area contributed by atoms with Gasteiger partial charge in [-0.25, -0.2) is 0 Å². The number of carbonyl (C=O) groups is 1. The highest BCUT2D eigenvalue weighted by molar-refractivity contribution is 5.80. The zero-order valence-corrected chi connectivity index (χ0v) is 16.7. The van der Waals surface area contributed by atoms with Crippen molar-refractivity contribution in [3.05, 3.63) is 0 Å². The minimum Gasteiger partial charge on any atom is -0.393 e. The molecule has 3 aliphatic carbocycles. The maximum atomic E-state index is 13.5.